The van der Waals surface area contributed by atoms with Crippen LogP contribution in [0.3, 0.4) is 0 Å². The molecule has 9 aromatic rings. The molecule has 10 rings (SSSR count). The molecule has 2 heteroatoms. The minimum absolute atomic E-state index is 0.0141. The topological polar surface area (TPSA) is 9.86 Å². The van der Waals surface area contributed by atoms with Gasteiger partial charge >= 0.3 is 0 Å². The van der Waals surface area contributed by atoms with Crippen LogP contribution in [-0.4, -0.2) is 9.13 Å². The van der Waals surface area contributed by atoms with Gasteiger partial charge in [0.2, 0.25) is 0 Å². The molecule has 0 saturated heterocycles. The Bertz CT molecular complexity index is 2680. The smallest absolute Gasteiger partial charge is 0.0548 e. The highest BCUT2D eigenvalue weighted by Gasteiger charge is 2.36. The molecule has 1 aliphatic carbocycles. The minimum atomic E-state index is -0.0141. The van der Waals surface area contributed by atoms with Gasteiger partial charge in [-0.05, 0) is 81.9 Å². The maximum atomic E-state index is 2.44. The highest BCUT2D eigenvalue weighted by molar-refractivity contribution is 6.28. The summed E-state index contributed by atoms with van der Waals surface area (Å²) in [5.74, 6) is 0. The largest absolute Gasteiger partial charge is 0.309 e. The summed E-state index contributed by atoms with van der Waals surface area (Å²) in [6.45, 7) is 4.70. The zero-order valence-corrected chi connectivity index (χ0v) is 26.4. The van der Waals surface area contributed by atoms with Gasteiger partial charge in [-0.1, -0.05) is 123 Å². The summed E-state index contributed by atoms with van der Waals surface area (Å²) >= 11 is 0. The van der Waals surface area contributed by atoms with Crippen LogP contribution in [-0.2, 0) is 5.41 Å². The van der Waals surface area contributed by atoms with Crippen molar-refractivity contribution in [1.82, 2.24) is 9.13 Å². The fraction of sp³-hybridized carbons (Fsp3) is 0.0667. The van der Waals surface area contributed by atoms with Crippen LogP contribution >= 0.6 is 0 Å². The van der Waals surface area contributed by atoms with Gasteiger partial charge in [0.25, 0.3) is 0 Å². The van der Waals surface area contributed by atoms with Gasteiger partial charge in [-0.25, -0.2) is 0 Å². The van der Waals surface area contributed by atoms with Crippen LogP contribution in [0.4, 0.5) is 0 Å². The molecule has 0 bridgehead atoms. The Morgan fingerprint density at radius 3 is 1.55 bits per heavy atom. The number of rotatable bonds is 3. The van der Waals surface area contributed by atoms with Crippen molar-refractivity contribution in [2.45, 2.75) is 19.3 Å². The summed E-state index contributed by atoms with van der Waals surface area (Å²) in [7, 11) is 0. The number of fused-ring (bicyclic) bond motifs is 10. The van der Waals surface area contributed by atoms with E-state index in [2.05, 4.69) is 181 Å². The Morgan fingerprint density at radius 2 is 0.894 bits per heavy atom. The molecule has 0 unspecified atom stereocenters. The third-order valence-corrected chi connectivity index (χ3v) is 10.5. The van der Waals surface area contributed by atoms with Gasteiger partial charge < -0.3 is 9.13 Å². The average Bonchev–Trinajstić information content (AvgIpc) is 3.72. The first-order chi connectivity index (χ1) is 23.1. The second kappa shape index (κ2) is 9.57. The van der Waals surface area contributed by atoms with Crippen molar-refractivity contribution < 1.29 is 0 Å². The summed E-state index contributed by atoms with van der Waals surface area (Å²) in [5.41, 5.74) is 15.3. The SMILES string of the molecule is CC1(C)c2ccccc2-c2c(-c3ccc(-n4c5ccccc5c5c6c7ccccc7n(-c7ccccc7)c6ccc54)cc3)cccc21. The molecule has 0 saturated carbocycles. The molecule has 2 aromatic heterocycles. The summed E-state index contributed by atoms with van der Waals surface area (Å²) in [4.78, 5) is 0. The Labute approximate surface area is 273 Å². The van der Waals surface area contributed by atoms with Gasteiger partial charge in [0.05, 0.1) is 22.1 Å². The van der Waals surface area contributed by atoms with Crippen molar-refractivity contribution in [1.29, 1.82) is 0 Å². The molecule has 1 aliphatic rings. The zero-order valence-electron chi connectivity index (χ0n) is 26.4. The highest BCUT2D eigenvalue weighted by Crippen LogP contribution is 2.52. The molecule has 0 fully saturated rings. The zero-order chi connectivity index (χ0) is 31.3. The molecule has 0 atom stereocenters. The second-order valence-electron chi connectivity index (χ2n) is 13.3. The van der Waals surface area contributed by atoms with Crippen molar-refractivity contribution in [2.24, 2.45) is 0 Å². The van der Waals surface area contributed by atoms with Gasteiger partial charge in [0, 0.05) is 38.3 Å². The molecule has 2 heterocycles. The van der Waals surface area contributed by atoms with Gasteiger partial charge in [-0.3, -0.25) is 0 Å². The molecule has 222 valence electrons. The van der Waals surface area contributed by atoms with E-state index in [4.69, 9.17) is 0 Å². The van der Waals surface area contributed by atoms with E-state index in [0.717, 1.165) is 0 Å². The fourth-order valence-corrected chi connectivity index (χ4v) is 8.44. The quantitative estimate of drug-likeness (QED) is 0.191. The number of nitrogens with zero attached hydrogens (tertiary/aromatic N) is 2. The lowest BCUT2D eigenvalue weighted by molar-refractivity contribution is 0.660. The van der Waals surface area contributed by atoms with Crippen molar-refractivity contribution in [3.05, 3.63) is 169 Å². The Kier molecular flexibility index (Phi) is 5.37. The molecule has 0 N–H and O–H groups in total. The first-order valence-corrected chi connectivity index (χ1v) is 16.5. The monoisotopic (exact) mass is 600 g/mol. The van der Waals surface area contributed by atoms with Gasteiger partial charge in [-0.2, -0.15) is 0 Å². The van der Waals surface area contributed by atoms with E-state index in [0.29, 0.717) is 0 Å². The molecular weight excluding hydrogens is 569 g/mol. The first kappa shape index (κ1) is 26.4. The Hall–Kier alpha value is -5.86. The van der Waals surface area contributed by atoms with Crippen LogP contribution in [0, 0.1) is 0 Å². The normalized spacial score (nSPS) is 13.5. The number of hydrogen-bond donors (Lipinski definition) is 0. The van der Waals surface area contributed by atoms with Crippen molar-refractivity contribution in [3.8, 4) is 33.6 Å². The van der Waals surface area contributed by atoms with Gasteiger partial charge in [-0.15, -0.1) is 0 Å². The predicted octanol–water partition coefficient (Wildman–Crippen LogP) is 11.9. The molecule has 7 aromatic carbocycles. The maximum Gasteiger partial charge on any atom is 0.0548 e. The maximum absolute atomic E-state index is 2.44. The molecule has 0 amide bonds. The van der Waals surface area contributed by atoms with E-state index in [-0.39, 0.29) is 5.41 Å². The highest BCUT2D eigenvalue weighted by atomic mass is 15.0. The summed E-state index contributed by atoms with van der Waals surface area (Å²) in [5, 5.41) is 5.15. The third kappa shape index (κ3) is 3.56. The number of hydrogen-bond acceptors (Lipinski definition) is 0. The van der Waals surface area contributed by atoms with E-state index in [1.54, 1.807) is 0 Å². The van der Waals surface area contributed by atoms with E-state index in [9.17, 15) is 0 Å². The predicted molar refractivity (Wildman–Crippen MR) is 198 cm³/mol. The number of para-hydroxylation sites is 3. The average molecular weight is 601 g/mol. The van der Waals surface area contributed by atoms with Crippen LogP contribution in [0.15, 0.2) is 158 Å². The minimum Gasteiger partial charge on any atom is -0.309 e. The van der Waals surface area contributed by atoms with Crippen LogP contribution in [0.5, 0.6) is 0 Å². The molecular formula is C45H32N2. The number of benzene rings is 7. The Morgan fingerprint density at radius 1 is 0.383 bits per heavy atom. The molecule has 2 nitrogen and oxygen atoms in total. The molecule has 0 radical (unpaired) electrons. The summed E-state index contributed by atoms with van der Waals surface area (Å²) in [6.07, 6.45) is 0. The van der Waals surface area contributed by atoms with Crippen LogP contribution in [0.1, 0.15) is 25.0 Å². The summed E-state index contributed by atoms with van der Waals surface area (Å²) in [6, 6.07) is 57.9. The van der Waals surface area contributed by atoms with E-state index in [1.807, 2.05) is 0 Å². The number of aromatic nitrogens is 2. The van der Waals surface area contributed by atoms with Crippen LogP contribution in [0.25, 0.3) is 77.2 Å². The molecule has 47 heavy (non-hydrogen) atoms. The molecule has 0 spiro atoms. The standard InChI is InChI=1S/C45H32N2/c1-45(2)36-19-9-6-15-33(36)42-32(18-12-20-37(42)45)29-23-25-31(26-24-29)47-39-22-11-8-17-35(39)44-41(47)28-27-40-43(44)34-16-7-10-21-38(34)46(40)30-13-4-3-5-14-30/h3-28H,1-2H3. The van der Waals surface area contributed by atoms with E-state index >= 15 is 0 Å². The lowest BCUT2D eigenvalue weighted by atomic mass is 9.82. The second-order valence-corrected chi connectivity index (χ2v) is 13.3. The summed E-state index contributed by atoms with van der Waals surface area (Å²) < 4.78 is 4.85. The Balaban J connectivity index is 1.20. The lowest BCUT2D eigenvalue weighted by Crippen LogP contribution is -2.14. The van der Waals surface area contributed by atoms with Crippen molar-refractivity contribution in [3.63, 3.8) is 0 Å². The molecule has 0 aliphatic heterocycles. The third-order valence-electron chi connectivity index (χ3n) is 10.5. The van der Waals surface area contributed by atoms with Gasteiger partial charge in [0.15, 0.2) is 0 Å². The van der Waals surface area contributed by atoms with Crippen LogP contribution in [0.2, 0.25) is 0 Å². The van der Waals surface area contributed by atoms with Gasteiger partial charge in [0.1, 0.15) is 0 Å². The lowest BCUT2D eigenvalue weighted by Gasteiger charge is -2.21. The van der Waals surface area contributed by atoms with E-state index in [1.165, 1.54) is 88.4 Å². The van der Waals surface area contributed by atoms with Crippen LogP contribution < -0.4 is 0 Å². The van der Waals surface area contributed by atoms with Crippen molar-refractivity contribution in [2.75, 3.05) is 0 Å². The first-order valence-electron chi connectivity index (χ1n) is 16.5. The fourth-order valence-electron chi connectivity index (χ4n) is 8.44. The van der Waals surface area contributed by atoms with Crippen molar-refractivity contribution >= 4 is 43.6 Å². The van der Waals surface area contributed by atoms with E-state index < -0.39 is 0 Å².